The number of nitrogens with two attached hydrogens (primary N) is 1. The third kappa shape index (κ3) is 24.5. The van der Waals surface area contributed by atoms with Gasteiger partial charge in [0.25, 0.3) is 0 Å². The molecule has 0 aliphatic carbocycles. The van der Waals surface area contributed by atoms with Crippen LogP contribution in [0.2, 0.25) is 0 Å². The van der Waals surface area contributed by atoms with Gasteiger partial charge in [-0.15, -0.1) is 0 Å². The third-order valence-corrected chi connectivity index (χ3v) is 7.48. The molecule has 55 heavy (non-hydrogen) atoms. The van der Waals surface area contributed by atoms with E-state index in [1.807, 2.05) is 6.92 Å². The maximum absolute atomic E-state index is 13.4. The molecule has 1 aromatic carbocycles. The Labute approximate surface area is 323 Å². The number of hydrogen-bond donors (Lipinski definition) is 6. The zero-order valence-corrected chi connectivity index (χ0v) is 32.9. The average Bonchev–Trinajstić information content (AvgIpc) is 3.14. The molecule has 0 aromatic heterocycles. The van der Waals surface area contributed by atoms with E-state index >= 15 is 0 Å². The van der Waals surface area contributed by atoms with Crippen LogP contribution in [0, 0.1) is 11.8 Å². The Hall–Kier alpha value is -4.52. The van der Waals surface area contributed by atoms with Gasteiger partial charge in [0.1, 0.15) is 18.7 Å². The first-order valence-corrected chi connectivity index (χ1v) is 18.7. The Morgan fingerprint density at radius 2 is 1.29 bits per heavy atom. The van der Waals surface area contributed by atoms with E-state index in [2.05, 4.69) is 26.6 Å². The van der Waals surface area contributed by atoms with Crippen LogP contribution in [0.4, 0.5) is 15.3 Å². The molecule has 0 radical (unpaired) electrons. The highest BCUT2D eigenvalue weighted by molar-refractivity contribution is 5.98. The van der Waals surface area contributed by atoms with E-state index in [4.69, 9.17) is 34.2 Å². The van der Waals surface area contributed by atoms with Crippen LogP contribution in [0.5, 0.6) is 0 Å². The van der Waals surface area contributed by atoms with Crippen LogP contribution in [0.1, 0.15) is 65.9 Å². The van der Waals surface area contributed by atoms with Crippen molar-refractivity contribution < 1.29 is 57.2 Å². The molecule has 0 spiro atoms. The first-order valence-electron chi connectivity index (χ1n) is 18.7. The Bertz CT molecular complexity index is 1280. The van der Waals surface area contributed by atoms with Crippen molar-refractivity contribution in [3.63, 3.8) is 0 Å². The number of rotatable bonds is 30. The lowest BCUT2D eigenvalue weighted by molar-refractivity contribution is -0.148. The van der Waals surface area contributed by atoms with Crippen molar-refractivity contribution >= 4 is 41.5 Å². The molecule has 0 saturated heterocycles. The van der Waals surface area contributed by atoms with E-state index in [0.29, 0.717) is 64.9 Å². The monoisotopic (exact) mass is 782 g/mol. The number of urea groups is 1. The fourth-order valence-corrected chi connectivity index (χ4v) is 4.46. The first kappa shape index (κ1) is 48.5. The van der Waals surface area contributed by atoms with E-state index < -0.39 is 41.9 Å². The summed E-state index contributed by atoms with van der Waals surface area (Å²) in [4.78, 5) is 73.6. The summed E-state index contributed by atoms with van der Waals surface area (Å²) in [5, 5.41) is 13.3. The highest BCUT2D eigenvalue weighted by Gasteiger charge is 2.29. The highest BCUT2D eigenvalue weighted by atomic mass is 16.6. The molecular weight excluding hydrogens is 720 g/mol. The molecule has 312 valence electrons. The number of anilines is 1. The summed E-state index contributed by atoms with van der Waals surface area (Å²) in [6.45, 7) is 12.4. The molecule has 1 rings (SSSR count). The second-order valence-corrected chi connectivity index (χ2v) is 13.0. The molecule has 0 fully saturated rings. The maximum atomic E-state index is 13.4. The van der Waals surface area contributed by atoms with Crippen molar-refractivity contribution in [1.29, 1.82) is 0 Å². The number of esters is 1. The highest BCUT2D eigenvalue weighted by Crippen LogP contribution is 2.13. The second-order valence-electron chi connectivity index (χ2n) is 13.0. The van der Waals surface area contributed by atoms with Crippen molar-refractivity contribution in [2.75, 3.05) is 77.9 Å². The molecule has 0 saturated carbocycles. The largest absolute Gasteiger partial charge is 0.461 e. The van der Waals surface area contributed by atoms with Crippen molar-refractivity contribution in [3.05, 3.63) is 29.8 Å². The molecule has 7 N–H and O–H groups in total. The Balaban J connectivity index is 2.44. The fraction of sp³-hybridized carbons (Fsp3) is 0.676. The van der Waals surface area contributed by atoms with Crippen molar-refractivity contribution in [3.8, 4) is 0 Å². The molecule has 18 heteroatoms. The van der Waals surface area contributed by atoms with Gasteiger partial charge in [0.05, 0.1) is 65.4 Å². The number of amides is 6. The van der Waals surface area contributed by atoms with Crippen LogP contribution in [-0.2, 0) is 54.2 Å². The van der Waals surface area contributed by atoms with Crippen LogP contribution >= 0.6 is 0 Å². The van der Waals surface area contributed by atoms with E-state index in [-0.39, 0.29) is 57.0 Å². The van der Waals surface area contributed by atoms with Gasteiger partial charge in [0.15, 0.2) is 0 Å². The standard InChI is InChI=1S/C37H62N6O12/c1-6-16-54-37(49)40-15-18-51-20-22-53-24-23-52-21-19-50-17-13-31(44)43-32(26(2)3)34(46)42-30(8-7-14-39-36(38)48)33(45)41-29-11-9-28(10-12-29)25-55-35(47)27(4)5/h9-12,26-27,30,32H,6-8,13-25H2,1-5H3,(H,40,49)(H,41,45)(H,42,46)(H,43,44)(H3,38,39,48)/t30-,32-/m0/s1. The van der Waals surface area contributed by atoms with E-state index in [0.717, 1.165) is 12.0 Å². The van der Waals surface area contributed by atoms with Crippen LogP contribution in [0.25, 0.3) is 0 Å². The number of hydrogen-bond acceptors (Lipinski definition) is 12. The lowest BCUT2D eigenvalue weighted by atomic mass is 10.0. The Morgan fingerprint density at radius 1 is 0.691 bits per heavy atom. The van der Waals surface area contributed by atoms with E-state index in [1.165, 1.54) is 0 Å². The molecule has 6 amide bonds. The Morgan fingerprint density at radius 3 is 1.85 bits per heavy atom. The van der Waals surface area contributed by atoms with Crippen molar-refractivity contribution in [2.24, 2.45) is 17.6 Å². The number of ether oxygens (including phenoxy) is 6. The van der Waals surface area contributed by atoms with E-state index in [1.54, 1.807) is 52.0 Å². The predicted octanol–water partition coefficient (Wildman–Crippen LogP) is 1.99. The fourth-order valence-electron chi connectivity index (χ4n) is 4.46. The topological polar surface area (TPSA) is 244 Å². The number of carbonyl (C=O) groups is 6. The van der Waals surface area contributed by atoms with Gasteiger partial charge in [-0.3, -0.25) is 19.2 Å². The molecule has 0 unspecified atom stereocenters. The summed E-state index contributed by atoms with van der Waals surface area (Å²) in [7, 11) is 0. The molecule has 1 aromatic rings. The van der Waals surface area contributed by atoms with Gasteiger partial charge >= 0.3 is 18.1 Å². The lowest BCUT2D eigenvalue weighted by Gasteiger charge is -2.25. The maximum Gasteiger partial charge on any atom is 0.407 e. The van der Waals surface area contributed by atoms with Gasteiger partial charge < -0.3 is 60.7 Å². The SMILES string of the molecule is CCCOC(=O)NCCOCCOCCOCCOCCC(=O)N[C@H](C(=O)N[C@@H](CCCNC(N)=O)C(=O)Nc1ccc(COC(=O)C(C)C)cc1)C(C)C. The van der Waals surface area contributed by atoms with Gasteiger partial charge in [-0.1, -0.05) is 46.8 Å². The first-order chi connectivity index (χ1) is 26.3. The zero-order chi connectivity index (χ0) is 40.8. The minimum absolute atomic E-state index is 0.00439. The number of benzene rings is 1. The quantitative estimate of drug-likeness (QED) is 0.0485. The number of primary amides is 1. The molecular formula is C37H62N6O12. The Kier molecular flexibility index (Phi) is 26.3. The average molecular weight is 783 g/mol. The summed E-state index contributed by atoms with van der Waals surface area (Å²) in [5.74, 6) is -2.31. The summed E-state index contributed by atoms with van der Waals surface area (Å²) in [6.07, 6.45) is 0.814. The number of nitrogens with one attached hydrogen (secondary N) is 5. The minimum atomic E-state index is -0.995. The molecule has 2 atom stereocenters. The van der Waals surface area contributed by atoms with Crippen LogP contribution in [-0.4, -0.2) is 120 Å². The summed E-state index contributed by atoms with van der Waals surface area (Å²) < 4.78 is 31.9. The van der Waals surface area contributed by atoms with Gasteiger partial charge in [-0.05, 0) is 42.9 Å². The molecule has 0 aliphatic rings. The normalized spacial score (nSPS) is 12.1. The second kappa shape index (κ2) is 29.8. The van der Waals surface area contributed by atoms with Crippen LogP contribution in [0.3, 0.4) is 0 Å². The smallest absolute Gasteiger partial charge is 0.407 e. The van der Waals surface area contributed by atoms with Crippen molar-refractivity contribution in [1.82, 2.24) is 21.3 Å². The predicted molar refractivity (Wildman–Crippen MR) is 203 cm³/mol. The summed E-state index contributed by atoms with van der Waals surface area (Å²) in [5.41, 5.74) is 6.34. The van der Waals surface area contributed by atoms with Crippen LogP contribution < -0.4 is 32.3 Å². The van der Waals surface area contributed by atoms with Gasteiger partial charge in [-0.2, -0.15) is 0 Å². The molecule has 0 heterocycles. The van der Waals surface area contributed by atoms with Gasteiger partial charge in [-0.25, -0.2) is 9.59 Å². The number of carbonyl (C=O) groups excluding carboxylic acids is 6. The van der Waals surface area contributed by atoms with Crippen LogP contribution in [0.15, 0.2) is 24.3 Å². The number of alkyl carbamates (subject to hydrolysis) is 1. The zero-order valence-electron chi connectivity index (χ0n) is 32.9. The lowest BCUT2D eigenvalue weighted by Crippen LogP contribution is -2.54. The summed E-state index contributed by atoms with van der Waals surface area (Å²) >= 11 is 0. The van der Waals surface area contributed by atoms with Gasteiger partial charge in [0.2, 0.25) is 17.7 Å². The third-order valence-electron chi connectivity index (χ3n) is 7.48. The molecule has 0 bridgehead atoms. The minimum Gasteiger partial charge on any atom is -0.461 e. The molecule has 0 aliphatic heterocycles. The van der Waals surface area contributed by atoms with E-state index in [9.17, 15) is 28.8 Å². The molecule has 18 nitrogen and oxygen atoms in total. The van der Waals surface area contributed by atoms with Gasteiger partial charge in [0, 0.05) is 25.2 Å². The van der Waals surface area contributed by atoms with Crippen molar-refractivity contribution in [2.45, 2.75) is 79.0 Å². The summed E-state index contributed by atoms with van der Waals surface area (Å²) in [6, 6.07) is 4.10.